The summed E-state index contributed by atoms with van der Waals surface area (Å²) >= 11 is 1.67. The summed E-state index contributed by atoms with van der Waals surface area (Å²) in [5.41, 5.74) is 0.279. The average Bonchev–Trinajstić information content (AvgIpc) is 3.11. The normalized spacial score (nSPS) is 45.3. The third kappa shape index (κ3) is 3.20. The standard InChI is InChI=1S/C26H37NO2S/c1-25-13-10-21-19(7-6-17-4-3-5-24(29)26(17,21)2)20(25)8-9-22(25)23(28)16-30-18-11-14-27-15-12-18/h11-12,14-15,17,19-22,24,29H,3-10,13,16H2,1-2H3/t17-,19+,20+,21+,22-,24?,25+,26+/m1/s1. The number of hydrogen-bond donors (Lipinski definition) is 1. The summed E-state index contributed by atoms with van der Waals surface area (Å²) in [7, 11) is 0. The summed E-state index contributed by atoms with van der Waals surface area (Å²) in [6, 6.07) is 3.99. The molecule has 0 aromatic carbocycles. The molecule has 0 saturated heterocycles. The molecule has 4 saturated carbocycles. The molecule has 0 bridgehead atoms. The van der Waals surface area contributed by atoms with E-state index in [1.165, 1.54) is 44.9 Å². The lowest BCUT2D eigenvalue weighted by Gasteiger charge is -2.61. The van der Waals surface area contributed by atoms with Crippen molar-refractivity contribution in [3.8, 4) is 0 Å². The second-order valence-corrected chi connectivity index (χ2v) is 12.1. The topological polar surface area (TPSA) is 50.2 Å². The molecule has 164 valence electrons. The first kappa shape index (κ1) is 21.0. The van der Waals surface area contributed by atoms with Gasteiger partial charge in [0, 0.05) is 23.2 Å². The van der Waals surface area contributed by atoms with Crippen molar-refractivity contribution in [3.63, 3.8) is 0 Å². The van der Waals surface area contributed by atoms with Crippen molar-refractivity contribution >= 4 is 17.5 Å². The Morgan fingerprint density at radius 1 is 1.07 bits per heavy atom. The average molecular weight is 428 g/mol. The molecular formula is C26H37NO2S. The summed E-state index contributed by atoms with van der Waals surface area (Å²) in [4.78, 5) is 18.5. The fourth-order valence-corrected chi connectivity index (χ4v) is 9.36. The summed E-state index contributed by atoms with van der Waals surface area (Å²) in [5, 5.41) is 11.1. The molecule has 0 amide bonds. The maximum atomic E-state index is 13.3. The highest BCUT2D eigenvalue weighted by Gasteiger charge is 2.62. The smallest absolute Gasteiger partial charge is 0.146 e. The van der Waals surface area contributed by atoms with Gasteiger partial charge < -0.3 is 5.11 Å². The lowest BCUT2D eigenvalue weighted by molar-refractivity contribution is -0.164. The first-order valence-corrected chi connectivity index (χ1v) is 13.2. The Kier molecular flexibility index (Phi) is 5.54. The second-order valence-electron chi connectivity index (χ2n) is 11.1. The molecule has 30 heavy (non-hydrogen) atoms. The molecule has 0 radical (unpaired) electrons. The predicted molar refractivity (Wildman–Crippen MR) is 121 cm³/mol. The van der Waals surface area contributed by atoms with Crippen LogP contribution in [0.4, 0.5) is 0 Å². The molecule has 8 atom stereocenters. The van der Waals surface area contributed by atoms with Crippen LogP contribution in [0, 0.1) is 40.4 Å². The Labute approximate surface area is 185 Å². The van der Waals surface area contributed by atoms with Crippen LogP contribution < -0.4 is 0 Å². The number of fused-ring (bicyclic) bond motifs is 5. The first-order chi connectivity index (χ1) is 14.4. The highest BCUT2D eigenvalue weighted by molar-refractivity contribution is 8.00. The van der Waals surface area contributed by atoms with Gasteiger partial charge in [0.25, 0.3) is 0 Å². The number of aliphatic hydroxyl groups is 1. The van der Waals surface area contributed by atoms with Gasteiger partial charge in [-0.1, -0.05) is 20.3 Å². The molecule has 1 N–H and O–H groups in total. The molecule has 1 heterocycles. The van der Waals surface area contributed by atoms with Crippen molar-refractivity contribution in [3.05, 3.63) is 24.5 Å². The van der Waals surface area contributed by atoms with Gasteiger partial charge in [0.2, 0.25) is 0 Å². The van der Waals surface area contributed by atoms with Gasteiger partial charge in [0.05, 0.1) is 11.9 Å². The second kappa shape index (κ2) is 7.92. The van der Waals surface area contributed by atoms with Crippen molar-refractivity contribution in [2.24, 2.45) is 40.4 Å². The first-order valence-electron chi connectivity index (χ1n) is 12.2. The van der Waals surface area contributed by atoms with E-state index in [0.717, 1.165) is 17.7 Å². The number of hydrogen-bond acceptors (Lipinski definition) is 4. The van der Waals surface area contributed by atoms with E-state index in [1.54, 1.807) is 24.2 Å². The van der Waals surface area contributed by atoms with Crippen LogP contribution in [0.1, 0.15) is 71.6 Å². The number of carbonyl (C=O) groups excluding carboxylic acids is 1. The van der Waals surface area contributed by atoms with Gasteiger partial charge in [-0.15, -0.1) is 11.8 Å². The monoisotopic (exact) mass is 427 g/mol. The Hall–Kier alpha value is -0.870. The molecule has 4 aliphatic rings. The van der Waals surface area contributed by atoms with E-state index in [2.05, 4.69) is 18.8 Å². The minimum Gasteiger partial charge on any atom is -0.393 e. The van der Waals surface area contributed by atoms with Gasteiger partial charge in [-0.2, -0.15) is 0 Å². The highest BCUT2D eigenvalue weighted by Crippen LogP contribution is 2.67. The van der Waals surface area contributed by atoms with E-state index in [-0.39, 0.29) is 22.9 Å². The zero-order valence-corrected chi connectivity index (χ0v) is 19.4. The predicted octanol–water partition coefficient (Wildman–Crippen LogP) is 5.76. The quantitative estimate of drug-likeness (QED) is 0.620. The van der Waals surface area contributed by atoms with Gasteiger partial charge in [-0.25, -0.2) is 0 Å². The third-order valence-corrected chi connectivity index (χ3v) is 11.2. The zero-order chi connectivity index (χ0) is 20.9. The van der Waals surface area contributed by atoms with Crippen molar-refractivity contribution in [2.75, 3.05) is 5.75 Å². The molecule has 0 spiro atoms. The molecule has 4 heteroatoms. The van der Waals surface area contributed by atoms with Gasteiger partial charge >= 0.3 is 0 Å². The number of aromatic nitrogens is 1. The number of nitrogens with zero attached hydrogens (tertiary/aromatic N) is 1. The fraction of sp³-hybridized carbons (Fsp3) is 0.769. The van der Waals surface area contributed by atoms with E-state index in [0.29, 0.717) is 35.2 Å². The zero-order valence-electron chi connectivity index (χ0n) is 18.6. The third-order valence-electron chi connectivity index (χ3n) is 10.1. The van der Waals surface area contributed by atoms with E-state index in [1.807, 2.05) is 12.1 Å². The highest BCUT2D eigenvalue weighted by atomic mass is 32.2. The number of rotatable bonds is 4. The molecule has 4 aliphatic carbocycles. The lowest BCUT2D eigenvalue weighted by atomic mass is 9.44. The van der Waals surface area contributed by atoms with Crippen LogP contribution in [0.15, 0.2) is 29.4 Å². The summed E-state index contributed by atoms with van der Waals surface area (Å²) in [6.07, 6.45) is 14.3. The van der Waals surface area contributed by atoms with Crippen LogP contribution in [0.3, 0.4) is 0 Å². The molecule has 1 aromatic rings. The van der Waals surface area contributed by atoms with E-state index < -0.39 is 0 Å². The lowest BCUT2D eigenvalue weighted by Crippen LogP contribution is -2.57. The van der Waals surface area contributed by atoms with E-state index >= 15 is 0 Å². The number of ketones is 1. The number of Topliss-reactive ketones (excluding diaryl/α,β-unsaturated/α-hetero) is 1. The molecule has 1 unspecified atom stereocenters. The van der Waals surface area contributed by atoms with Crippen molar-refractivity contribution in [2.45, 2.75) is 82.6 Å². The van der Waals surface area contributed by atoms with E-state index in [9.17, 15) is 9.90 Å². The molecule has 5 rings (SSSR count). The largest absolute Gasteiger partial charge is 0.393 e. The fourth-order valence-electron chi connectivity index (χ4n) is 8.53. The minimum absolute atomic E-state index is 0.113. The van der Waals surface area contributed by atoms with Crippen LogP contribution >= 0.6 is 11.8 Å². The van der Waals surface area contributed by atoms with Crippen LogP contribution in [0.5, 0.6) is 0 Å². The minimum atomic E-state index is -0.121. The van der Waals surface area contributed by atoms with Crippen molar-refractivity contribution < 1.29 is 9.90 Å². The number of aliphatic hydroxyl groups excluding tert-OH is 1. The van der Waals surface area contributed by atoms with Gasteiger partial charge in [0.1, 0.15) is 5.78 Å². The van der Waals surface area contributed by atoms with Crippen LogP contribution in [0.25, 0.3) is 0 Å². The molecule has 3 nitrogen and oxygen atoms in total. The van der Waals surface area contributed by atoms with Crippen molar-refractivity contribution in [1.29, 1.82) is 0 Å². The molecule has 0 aliphatic heterocycles. The molecule has 4 fully saturated rings. The Morgan fingerprint density at radius 2 is 1.87 bits per heavy atom. The maximum absolute atomic E-state index is 13.3. The summed E-state index contributed by atoms with van der Waals surface area (Å²) < 4.78 is 0. The molecular weight excluding hydrogens is 390 g/mol. The van der Waals surface area contributed by atoms with Crippen LogP contribution in [-0.4, -0.2) is 27.7 Å². The number of thioether (sulfide) groups is 1. The SMILES string of the molecule is C[C@]12CC[C@H]3[C@@H](CC[C@H]4CCCC(O)[C@@]43C)[C@@H]1CC[C@@H]2C(=O)CSc1ccncc1. The Bertz CT molecular complexity index is 784. The molecule has 1 aromatic heterocycles. The maximum Gasteiger partial charge on any atom is 0.146 e. The summed E-state index contributed by atoms with van der Waals surface area (Å²) in [5.74, 6) is 4.01. The Morgan fingerprint density at radius 3 is 2.67 bits per heavy atom. The summed E-state index contributed by atoms with van der Waals surface area (Å²) in [6.45, 7) is 4.86. The van der Waals surface area contributed by atoms with Crippen molar-refractivity contribution in [1.82, 2.24) is 4.98 Å². The van der Waals surface area contributed by atoms with Gasteiger partial charge in [-0.3, -0.25) is 9.78 Å². The van der Waals surface area contributed by atoms with Crippen LogP contribution in [0.2, 0.25) is 0 Å². The number of pyridine rings is 1. The number of carbonyl (C=O) groups is 1. The Balaban J connectivity index is 1.32. The van der Waals surface area contributed by atoms with Crippen LogP contribution in [-0.2, 0) is 4.79 Å². The van der Waals surface area contributed by atoms with E-state index in [4.69, 9.17) is 0 Å². The van der Waals surface area contributed by atoms with Gasteiger partial charge in [0.15, 0.2) is 0 Å². The van der Waals surface area contributed by atoms with Gasteiger partial charge in [-0.05, 0) is 98.0 Å².